The Bertz CT molecular complexity index is 826. The van der Waals surface area contributed by atoms with E-state index in [1.54, 1.807) is 62.8 Å². The lowest BCUT2D eigenvalue weighted by atomic mass is 10.1. The summed E-state index contributed by atoms with van der Waals surface area (Å²) in [6.45, 7) is 1.95. The van der Waals surface area contributed by atoms with E-state index in [9.17, 15) is 14.4 Å². The third-order valence-electron chi connectivity index (χ3n) is 4.04. The van der Waals surface area contributed by atoms with E-state index in [4.69, 9.17) is 10.5 Å². The summed E-state index contributed by atoms with van der Waals surface area (Å²) in [6, 6.07) is 9.64. The van der Waals surface area contributed by atoms with Gasteiger partial charge in [-0.1, -0.05) is 12.1 Å². The average molecular weight is 384 g/mol. The molecule has 1 heterocycles. The van der Waals surface area contributed by atoms with Crippen LogP contribution in [0.2, 0.25) is 0 Å². The van der Waals surface area contributed by atoms with Crippen molar-refractivity contribution in [2.75, 3.05) is 24.3 Å². The molecule has 0 aliphatic carbocycles. The third-order valence-corrected chi connectivity index (χ3v) is 4.04. The van der Waals surface area contributed by atoms with Gasteiger partial charge < -0.3 is 20.7 Å². The monoisotopic (exact) mass is 384 g/mol. The largest absolute Gasteiger partial charge is 0.466 e. The number of benzene rings is 1. The highest BCUT2D eigenvalue weighted by Crippen LogP contribution is 2.19. The van der Waals surface area contributed by atoms with Crippen molar-refractivity contribution in [1.29, 1.82) is 0 Å². The molecule has 1 atom stereocenters. The summed E-state index contributed by atoms with van der Waals surface area (Å²) < 4.78 is 4.97. The number of rotatable bonds is 8. The molecule has 1 unspecified atom stereocenters. The molecule has 3 N–H and O–H groups in total. The Morgan fingerprint density at radius 2 is 2.04 bits per heavy atom. The van der Waals surface area contributed by atoms with Crippen LogP contribution in [0.1, 0.15) is 31.4 Å². The smallest absolute Gasteiger partial charge is 0.308 e. The summed E-state index contributed by atoms with van der Waals surface area (Å²) in [5.74, 6) is -1.34. The standard InChI is InChI=1S/C20H24N4O4/c1-3-28-20(27)11-17(14-6-5-9-22-13-14)23-18(25)12-19(26)24(2)16-8-4-7-15(21)10-16/h4-10,13,17H,3,11-12,21H2,1-2H3,(H,23,25). The number of esters is 1. The fourth-order valence-corrected chi connectivity index (χ4v) is 2.60. The molecule has 1 aromatic heterocycles. The molecule has 0 bridgehead atoms. The molecule has 2 aromatic rings. The summed E-state index contributed by atoms with van der Waals surface area (Å²) >= 11 is 0. The van der Waals surface area contributed by atoms with Crippen LogP contribution in [0.5, 0.6) is 0 Å². The van der Waals surface area contributed by atoms with Crippen molar-refractivity contribution in [2.45, 2.75) is 25.8 Å². The molecule has 0 fully saturated rings. The maximum atomic E-state index is 12.4. The molecule has 0 saturated carbocycles. The summed E-state index contributed by atoms with van der Waals surface area (Å²) in [4.78, 5) is 42.1. The molecule has 28 heavy (non-hydrogen) atoms. The van der Waals surface area contributed by atoms with E-state index < -0.39 is 23.8 Å². The number of nitrogens with zero attached hydrogens (tertiary/aromatic N) is 2. The van der Waals surface area contributed by atoms with Crippen LogP contribution < -0.4 is 16.0 Å². The topological polar surface area (TPSA) is 115 Å². The Labute approximate surface area is 163 Å². The minimum atomic E-state index is -0.634. The van der Waals surface area contributed by atoms with Gasteiger partial charge in [-0.2, -0.15) is 0 Å². The van der Waals surface area contributed by atoms with E-state index in [1.807, 2.05) is 0 Å². The zero-order valence-corrected chi connectivity index (χ0v) is 15.9. The van der Waals surface area contributed by atoms with Crippen LogP contribution in [0.15, 0.2) is 48.8 Å². The van der Waals surface area contributed by atoms with Crippen LogP contribution in [-0.4, -0.2) is 36.4 Å². The molecule has 8 heteroatoms. The SMILES string of the molecule is CCOC(=O)CC(NC(=O)CC(=O)N(C)c1cccc(N)c1)c1cccnc1. The zero-order valence-electron chi connectivity index (χ0n) is 15.9. The van der Waals surface area contributed by atoms with Gasteiger partial charge in [-0.25, -0.2) is 0 Å². The van der Waals surface area contributed by atoms with Crippen LogP contribution >= 0.6 is 0 Å². The van der Waals surface area contributed by atoms with E-state index in [1.165, 1.54) is 4.90 Å². The Kier molecular flexibility index (Phi) is 7.50. The quantitative estimate of drug-likeness (QED) is 0.408. The van der Waals surface area contributed by atoms with Crippen LogP contribution in [0.4, 0.5) is 11.4 Å². The van der Waals surface area contributed by atoms with E-state index >= 15 is 0 Å². The highest BCUT2D eigenvalue weighted by molar-refractivity contribution is 6.05. The number of carbonyl (C=O) groups excluding carboxylic acids is 3. The van der Waals surface area contributed by atoms with E-state index in [2.05, 4.69) is 10.3 Å². The number of amides is 2. The number of pyridine rings is 1. The number of anilines is 2. The summed E-state index contributed by atoms with van der Waals surface area (Å²) in [7, 11) is 1.57. The Balaban J connectivity index is 2.04. The number of nitrogens with one attached hydrogen (secondary N) is 1. The second kappa shape index (κ2) is 10.1. The van der Waals surface area contributed by atoms with Crippen molar-refractivity contribution in [3.8, 4) is 0 Å². The minimum Gasteiger partial charge on any atom is -0.466 e. The lowest BCUT2D eigenvalue weighted by molar-refractivity contribution is -0.143. The number of aromatic nitrogens is 1. The van der Waals surface area contributed by atoms with Crippen LogP contribution in [0.25, 0.3) is 0 Å². The van der Waals surface area contributed by atoms with Crippen molar-refractivity contribution in [3.05, 3.63) is 54.4 Å². The average Bonchev–Trinajstić information content (AvgIpc) is 2.67. The first-order valence-electron chi connectivity index (χ1n) is 8.87. The first-order chi connectivity index (χ1) is 13.4. The normalized spacial score (nSPS) is 11.4. The lowest BCUT2D eigenvalue weighted by Crippen LogP contribution is -2.36. The molecular formula is C20H24N4O4. The molecule has 8 nitrogen and oxygen atoms in total. The van der Waals surface area contributed by atoms with Crippen LogP contribution in [0.3, 0.4) is 0 Å². The van der Waals surface area contributed by atoms with Crippen LogP contribution in [0, 0.1) is 0 Å². The van der Waals surface area contributed by atoms with E-state index in [0.29, 0.717) is 16.9 Å². The zero-order chi connectivity index (χ0) is 20.5. The number of hydrogen-bond acceptors (Lipinski definition) is 6. The number of nitrogen functional groups attached to an aromatic ring is 1. The summed E-state index contributed by atoms with van der Waals surface area (Å²) in [5, 5.41) is 2.72. The highest BCUT2D eigenvalue weighted by Gasteiger charge is 2.22. The predicted octanol–water partition coefficient (Wildman–Crippen LogP) is 1.83. The van der Waals surface area contributed by atoms with Crippen molar-refractivity contribution >= 4 is 29.2 Å². The fourth-order valence-electron chi connectivity index (χ4n) is 2.60. The fraction of sp³-hybridized carbons (Fsp3) is 0.300. The molecule has 148 valence electrons. The number of ether oxygens (including phenoxy) is 1. The van der Waals surface area contributed by atoms with Gasteiger partial charge in [-0.05, 0) is 36.8 Å². The minimum absolute atomic E-state index is 0.0511. The van der Waals surface area contributed by atoms with Gasteiger partial charge in [0.2, 0.25) is 11.8 Å². The van der Waals surface area contributed by atoms with Gasteiger partial charge in [0.1, 0.15) is 6.42 Å². The Morgan fingerprint density at radius 1 is 1.25 bits per heavy atom. The molecule has 0 aliphatic rings. The van der Waals surface area contributed by atoms with Gasteiger partial charge in [0, 0.05) is 30.8 Å². The molecule has 1 aromatic carbocycles. The Morgan fingerprint density at radius 3 is 2.68 bits per heavy atom. The van der Waals surface area contributed by atoms with Gasteiger partial charge in [0.25, 0.3) is 0 Å². The van der Waals surface area contributed by atoms with Crippen molar-refractivity contribution in [3.63, 3.8) is 0 Å². The second-order valence-electron chi connectivity index (χ2n) is 6.14. The molecule has 2 amide bonds. The third kappa shape index (κ3) is 6.08. The summed E-state index contributed by atoms with van der Waals surface area (Å²) in [6.07, 6.45) is 2.73. The molecule has 0 spiro atoms. The molecular weight excluding hydrogens is 360 g/mol. The van der Waals surface area contributed by atoms with Crippen molar-refractivity contribution < 1.29 is 19.1 Å². The maximum absolute atomic E-state index is 12.4. The first-order valence-corrected chi connectivity index (χ1v) is 8.87. The molecule has 0 radical (unpaired) electrons. The lowest BCUT2D eigenvalue weighted by Gasteiger charge is -2.20. The number of carbonyl (C=O) groups is 3. The van der Waals surface area contributed by atoms with Crippen molar-refractivity contribution in [1.82, 2.24) is 10.3 Å². The number of nitrogens with two attached hydrogens (primary N) is 1. The first kappa shape index (κ1) is 20.9. The van der Waals surface area contributed by atoms with Gasteiger partial charge in [-0.15, -0.1) is 0 Å². The van der Waals surface area contributed by atoms with Gasteiger partial charge in [0.05, 0.1) is 19.1 Å². The van der Waals surface area contributed by atoms with Gasteiger partial charge in [0.15, 0.2) is 0 Å². The predicted molar refractivity (Wildman–Crippen MR) is 105 cm³/mol. The van der Waals surface area contributed by atoms with Crippen molar-refractivity contribution in [2.24, 2.45) is 0 Å². The maximum Gasteiger partial charge on any atom is 0.308 e. The molecule has 0 saturated heterocycles. The second-order valence-corrected chi connectivity index (χ2v) is 6.14. The van der Waals surface area contributed by atoms with E-state index in [0.717, 1.165) is 0 Å². The van der Waals surface area contributed by atoms with Crippen LogP contribution in [-0.2, 0) is 19.1 Å². The molecule has 0 aliphatic heterocycles. The molecule has 2 rings (SSSR count). The van der Waals surface area contributed by atoms with Gasteiger partial charge in [-0.3, -0.25) is 19.4 Å². The Hall–Kier alpha value is -3.42. The number of hydrogen-bond donors (Lipinski definition) is 2. The highest BCUT2D eigenvalue weighted by atomic mass is 16.5. The van der Waals surface area contributed by atoms with Gasteiger partial charge >= 0.3 is 5.97 Å². The van der Waals surface area contributed by atoms with E-state index in [-0.39, 0.29) is 19.4 Å². The summed E-state index contributed by atoms with van der Waals surface area (Å²) in [5.41, 5.74) is 7.50.